The Morgan fingerprint density at radius 2 is 1.65 bits per heavy atom. The zero-order valence-corrected chi connectivity index (χ0v) is 16.0. The first-order valence-corrected chi connectivity index (χ1v) is 8.77. The van der Waals surface area contributed by atoms with Gasteiger partial charge in [-0.2, -0.15) is 5.10 Å². The fourth-order valence-corrected chi connectivity index (χ4v) is 2.73. The van der Waals surface area contributed by atoms with E-state index in [0.29, 0.717) is 23.9 Å². The SMILES string of the molecule is CCOc1ccc(-c2n[nH]c(-c3ccc(C(C)(C)C)cc3)n2)cc1OC. The molecule has 26 heavy (non-hydrogen) atoms. The number of nitrogens with zero attached hydrogens (tertiary/aromatic N) is 2. The molecule has 0 radical (unpaired) electrons. The Morgan fingerprint density at radius 3 is 2.27 bits per heavy atom. The lowest BCUT2D eigenvalue weighted by Gasteiger charge is -2.18. The predicted octanol–water partition coefficient (Wildman–Crippen LogP) is 4.84. The highest BCUT2D eigenvalue weighted by atomic mass is 16.5. The molecule has 0 aliphatic rings. The van der Waals surface area contributed by atoms with Crippen LogP contribution in [0.1, 0.15) is 33.3 Å². The van der Waals surface area contributed by atoms with Crippen molar-refractivity contribution in [3.63, 3.8) is 0 Å². The fourth-order valence-electron chi connectivity index (χ4n) is 2.73. The minimum Gasteiger partial charge on any atom is -0.493 e. The van der Waals surface area contributed by atoms with Crippen LogP contribution in [0, 0.1) is 0 Å². The van der Waals surface area contributed by atoms with Crippen molar-refractivity contribution in [2.24, 2.45) is 0 Å². The summed E-state index contributed by atoms with van der Waals surface area (Å²) in [6.07, 6.45) is 0. The highest BCUT2D eigenvalue weighted by Gasteiger charge is 2.15. The molecule has 0 fully saturated rings. The van der Waals surface area contributed by atoms with Crippen molar-refractivity contribution >= 4 is 0 Å². The number of hydrogen-bond donors (Lipinski definition) is 1. The number of methoxy groups -OCH3 is 1. The zero-order chi connectivity index (χ0) is 18.7. The number of ether oxygens (including phenoxy) is 2. The van der Waals surface area contributed by atoms with Crippen LogP contribution >= 0.6 is 0 Å². The van der Waals surface area contributed by atoms with Gasteiger partial charge in [0, 0.05) is 11.1 Å². The normalized spacial score (nSPS) is 11.4. The van der Waals surface area contributed by atoms with Crippen molar-refractivity contribution in [1.29, 1.82) is 0 Å². The second-order valence-corrected chi connectivity index (χ2v) is 7.13. The van der Waals surface area contributed by atoms with Crippen molar-refractivity contribution < 1.29 is 9.47 Å². The van der Waals surface area contributed by atoms with Gasteiger partial charge in [0.2, 0.25) is 0 Å². The lowest BCUT2D eigenvalue weighted by Crippen LogP contribution is -2.10. The van der Waals surface area contributed by atoms with E-state index < -0.39 is 0 Å². The summed E-state index contributed by atoms with van der Waals surface area (Å²) in [6.45, 7) is 9.14. The van der Waals surface area contributed by atoms with Gasteiger partial charge in [0.15, 0.2) is 23.1 Å². The highest BCUT2D eigenvalue weighted by molar-refractivity contribution is 5.64. The van der Waals surface area contributed by atoms with Gasteiger partial charge in [-0.3, -0.25) is 5.10 Å². The second kappa shape index (κ2) is 7.20. The van der Waals surface area contributed by atoms with Crippen LogP contribution in [-0.4, -0.2) is 28.9 Å². The van der Waals surface area contributed by atoms with E-state index in [4.69, 9.17) is 9.47 Å². The van der Waals surface area contributed by atoms with Gasteiger partial charge in [-0.25, -0.2) is 4.98 Å². The Hall–Kier alpha value is -2.82. The summed E-state index contributed by atoms with van der Waals surface area (Å²) >= 11 is 0. The van der Waals surface area contributed by atoms with Crippen LogP contribution < -0.4 is 9.47 Å². The number of rotatable bonds is 5. The van der Waals surface area contributed by atoms with Crippen molar-refractivity contribution in [3.05, 3.63) is 48.0 Å². The zero-order valence-electron chi connectivity index (χ0n) is 16.0. The quantitative estimate of drug-likeness (QED) is 0.714. The third-order valence-corrected chi connectivity index (χ3v) is 4.23. The van der Waals surface area contributed by atoms with Crippen LogP contribution in [-0.2, 0) is 5.41 Å². The monoisotopic (exact) mass is 351 g/mol. The van der Waals surface area contributed by atoms with Crippen molar-refractivity contribution in [3.8, 4) is 34.3 Å². The first-order chi connectivity index (χ1) is 12.4. The van der Waals surface area contributed by atoms with Crippen LogP contribution in [0.25, 0.3) is 22.8 Å². The lowest BCUT2D eigenvalue weighted by atomic mass is 9.87. The highest BCUT2D eigenvalue weighted by Crippen LogP contribution is 2.32. The van der Waals surface area contributed by atoms with Gasteiger partial charge in [0.25, 0.3) is 0 Å². The summed E-state index contributed by atoms with van der Waals surface area (Å²) in [5.41, 5.74) is 3.30. The van der Waals surface area contributed by atoms with Gasteiger partial charge in [0.05, 0.1) is 13.7 Å². The molecule has 0 bridgehead atoms. The lowest BCUT2D eigenvalue weighted by molar-refractivity contribution is 0.311. The largest absolute Gasteiger partial charge is 0.493 e. The van der Waals surface area contributed by atoms with Gasteiger partial charge in [-0.1, -0.05) is 45.0 Å². The molecule has 2 aromatic carbocycles. The average molecular weight is 351 g/mol. The Kier molecular flexibility index (Phi) is 4.98. The first kappa shape index (κ1) is 18.0. The Labute approximate surface area is 154 Å². The molecule has 1 heterocycles. The third kappa shape index (κ3) is 3.72. The number of aromatic nitrogens is 3. The summed E-state index contributed by atoms with van der Waals surface area (Å²) in [7, 11) is 1.63. The fraction of sp³-hybridized carbons (Fsp3) is 0.333. The molecule has 5 heteroatoms. The third-order valence-electron chi connectivity index (χ3n) is 4.23. The molecule has 0 amide bonds. The molecule has 0 atom stereocenters. The van der Waals surface area contributed by atoms with Crippen LogP contribution in [0.2, 0.25) is 0 Å². The van der Waals surface area contributed by atoms with E-state index in [1.54, 1.807) is 7.11 Å². The van der Waals surface area contributed by atoms with E-state index in [-0.39, 0.29) is 5.41 Å². The molecule has 0 aliphatic carbocycles. The molecule has 136 valence electrons. The van der Waals surface area contributed by atoms with E-state index in [2.05, 4.69) is 60.2 Å². The molecule has 0 saturated carbocycles. The van der Waals surface area contributed by atoms with Gasteiger partial charge < -0.3 is 9.47 Å². The van der Waals surface area contributed by atoms with Crippen LogP contribution in [0.4, 0.5) is 0 Å². The molecule has 1 aromatic heterocycles. The maximum Gasteiger partial charge on any atom is 0.181 e. The van der Waals surface area contributed by atoms with Gasteiger partial charge in [0.1, 0.15) is 0 Å². The summed E-state index contributed by atoms with van der Waals surface area (Å²) in [4.78, 5) is 4.63. The average Bonchev–Trinajstić information content (AvgIpc) is 3.12. The van der Waals surface area contributed by atoms with Crippen LogP contribution in [0.15, 0.2) is 42.5 Å². The van der Waals surface area contributed by atoms with Crippen molar-refractivity contribution in [2.45, 2.75) is 33.1 Å². The van der Waals surface area contributed by atoms with Crippen molar-refractivity contribution in [1.82, 2.24) is 15.2 Å². The van der Waals surface area contributed by atoms with Gasteiger partial charge >= 0.3 is 0 Å². The smallest absolute Gasteiger partial charge is 0.181 e. The molecule has 5 nitrogen and oxygen atoms in total. The minimum atomic E-state index is 0.129. The van der Waals surface area contributed by atoms with Crippen LogP contribution in [0.5, 0.6) is 11.5 Å². The summed E-state index contributed by atoms with van der Waals surface area (Å²) in [5.74, 6) is 2.76. The van der Waals surface area contributed by atoms with E-state index in [9.17, 15) is 0 Å². The Morgan fingerprint density at radius 1 is 0.962 bits per heavy atom. The maximum atomic E-state index is 5.56. The standard InChI is InChI=1S/C21H25N3O2/c1-6-26-17-12-9-15(13-18(17)25-5)20-22-19(23-24-20)14-7-10-16(11-8-14)21(2,3)4/h7-13H,6H2,1-5H3,(H,22,23,24). The molecule has 0 aliphatic heterocycles. The number of nitrogens with one attached hydrogen (secondary N) is 1. The van der Waals surface area contributed by atoms with Crippen LogP contribution in [0.3, 0.4) is 0 Å². The predicted molar refractivity (Wildman–Crippen MR) is 104 cm³/mol. The molecule has 1 N–H and O–H groups in total. The minimum absolute atomic E-state index is 0.129. The van der Waals surface area contributed by atoms with E-state index in [0.717, 1.165) is 17.0 Å². The van der Waals surface area contributed by atoms with Gasteiger partial charge in [-0.05, 0) is 36.1 Å². The topological polar surface area (TPSA) is 60.0 Å². The molecule has 0 unspecified atom stereocenters. The van der Waals surface area contributed by atoms with E-state index >= 15 is 0 Å². The number of aromatic amines is 1. The molecular weight excluding hydrogens is 326 g/mol. The first-order valence-electron chi connectivity index (χ1n) is 8.77. The number of hydrogen-bond acceptors (Lipinski definition) is 4. The summed E-state index contributed by atoms with van der Waals surface area (Å²) < 4.78 is 11.0. The molecule has 0 spiro atoms. The van der Waals surface area contributed by atoms with Crippen molar-refractivity contribution in [2.75, 3.05) is 13.7 Å². The molecule has 3 rings (SSSR count). The summed E-state index contributed by atoms with van der Waals surface area (Å²) in [5, 5.41) is 7.38. The molecule has 3 aromatic rings. The number of benzene rings is 2. The Bertz CT molecular complexity index is 877. The second-order valence-electron chi connectivity index (χ2n) is 7.13. The van der Waals surface area contributed by atoms with E-state index in [1.807, 2.05) is 25.1 Å². The number of H-pyrrole nitrogens is 1. The van der Waals surface area contributed by atoms with Gasteiger partial charge in [-0.15, -0.1) is 0 Å². The van der Waals surface area contributed by atoms with E-state index in [1.165, 1.54) is 5.56 Å². The summed E-state index contributed by atoms with van der Waals surface area (Å²) in [6, 6.07) is 14.1. The molecular formula is C21H25N3O2. The maximum absolute atomic E-state index is 5.56. The molecule has 0 saturated heterocycles. The Balaban J connectivity index is 1.88.